The van der Waals surface area contributed by atoms with Gasteiger partial charge in [0.25, 0.3) is 5.88 Å². The van der Waals surface area contributed by atoms with E-state index in [0.29, 0.717) is 9.83 Å². The van der Waals surface area contributed by atoms with Crippen molar-refractivity contribution in [3.8, 4) is 11.6 Å². The first-order valence-corrected chi connectivity index (χ1v) is 11.6. The van der Waals surface area contributed by atoms with E-state index in [1.807, 2.05) is 0 Å². The molecule has 0 radical (unpaired) electrons. The number of carboxylic acid groups (broad SMARTS) is 1. The van der Waals surface area contributed by atoms with Gasteiger partial charge in [-0.2, -0.15) is 9.29 Å². The molecule has 1 atom stereocenters. The van der Waals surface area contributed by atoms with Crippen LogP contribution in [0.1, 0.15) is 0 Å². The van der Waals surface area contributed by atoms with Crippen molar-refractivity contribution >= 4 is 42.8 Å². The number of sulfonamides is 1. The third-order valence-corrected chi connectivity index (χ3v) is 7.83. The molecule has 17 heteroatoms. The monoisotopic (exact) mass is 520 g/mol. The zero-order chi connectivity index (χ0) is 24.7. The summed E-state index contributed by atoms with van der Waals surface area (Å²) in [6.07, 6.45) is -4.93. The number of thiazole rings is 1. The lowest BCUT2D eigenvalue weighted by molar-refractivity contribution is -0.274. The molecule has 0 saturated carbocycles. The van der Waals surface area contributed by atoms with Crippen LogP contribution >= 0.6 is 11.3 Å². The minimum atomic E-state index is -4.93. The summed E-state index contributed by atoms with van der Waals surface area (Å²) >= 11 is 1.14. The fourth-order valence-corrected chi connectivity index (χ4v) is 5.87. The van der Waals surface area contributed by atoms with E-state index in [9.17, 15) is 31.5 Å². The summed E-state index contributed by atoms with van der Waals surface area (Å²) in [5.74, 6) is -1.80. The van der Waals surface area contributed by atoms with E-state index in [-0.39, 0.29) is 36.1 Å². The number of fused-ring (bicyclic) bond motifs is 1. The number of carbonyl (C=O) groups is 1. The third kappa shape index (κ3) is 4.66. The van der Waals surface area contributed by atoms with E-state index < -0.39 is 34.1 Å². The minimum Gasteiger partial charge on any atom is -0.480 e. The van der Waals surface area contributed by atoms with E-state index in [2.05, 4.69) is 25.1 Å². The van der Waals surface area contributed by atoms with Gasteiger partial charge >= 0.3 is 12.3 Å². The Kier molecular flexibility index (Phi) is 6.17. The topological polar surface area (TPSA) is 148 Å². The summed E-state index contributed by atoms with van der Waals surface area (Å²) in [6, 6.07) is 2.05. The van der Waals surface area contributed by atoms with Crippen molar-refractivity contribution in [3.05, 3.63) is 24.3 Å². The summed E-state index contributed by atoms with van der Waals surface area (Å²) in [4.78, 5) is 17.5. The van der Waals surface area contributed by atoms with Gasteiger partial charge in [0.1, 0.15) is 16.5 Å². The molecule has 0 aliphatic carbocycles. The maximum atomic E-state index is 13.1. The van der Waals surface area contributed by atoms with E-state index >= 15 is 0 Å². The molecule has 2 aromatic heterocycles. The van der Waals surface area contributed by atoms with Gasteiger partial charge in [0.2, 0.25) is 15.7 Å². The molecule has 3 aromatic rings. The van der Waals surface area contributed by atoms with Crippen molar-refractivity contribution in [2.75, 3.05) is 31.6 Å². The predicted molar refractivity (Wildman–Crippen MR) is 110 cm³/mol. The van der Waals surface area contributed by atoms with Gasteiger partial charge in [-0.3, -0.25) is 4.79 Å². The number of alkyl halides is 3. The van der Waals surface area contributed by atoms with Gasteiger partial charge in [0, 0.05) is 19.6 Å². The van der Waals surface area contributed by atoms with Gasteiger partial charge in [0.05, 0.1) is 12.0 Å². The van der Waals surface area contributed by atoms with Crippen molar-refractivity contribution in [2.24, 2.45) is 0 Å². The maximum absolute atomic E-state index is 13.1. The van der Waals surface area contributed by atoms with Crippen molar-refractivity contribution in [3.63, 3.8) is 0 Å². The van der Waals surface area contributed by atoms with Crippen LogP contribution in [0.2, 0.25) is 0 Å². The van der Waals surface area contributed by atoms with Gasteiger partial charge in [0.15, 0.2) is 5.13 Å². The Bertz CT molecular complexity index is 1320. The summed E-state index contributed by atoms with van der Waals surface area (Å²) in [6.45, 7) is -0.342. The standard InChI is InChI=1S/C17H15F3N6O6S2/c1-31-14-12-13(22-24-23-14)21-16(33-12)25-6-7-26(11(8-25)15(27)28)34(29,30)10-4-2-9(3-5-10)32-17(18,19)20/h2-5,11H,6-8H2,1H3,(H,27,28)/t11-/m1/s1. The molecule has 3 heterocycles. The number of anilines is 1. The normalized spacial score (nSPS) is 17.6. The van der Waals surface area contributed by atoms with Crippen LogP contribution in [0.5, 0.6) is 11.6 Å². The fourth-order valence-electron chi connectivity index (χ4n) is 3.31. The first-order chi connectivity index (χ1) is 16.0. The van der Waals surface area contributed by atoms with Crippen LogP contribution < -0.4 is 14.4 Å². The van der Waals surface area contributed by atoms with Gasteiger partial charge in [-0.1, -0.05) is 16.4 Å². The molecular formula is C17H15F3N6O6S2. The molecule has 1 saturated heterocycles. The second kappa shape index (κ2) is 8.80. The van der Waals surface area contributed by atoms with Crippen LogP contribution in [0.15, 0.2) is 29.2 Å². The third-order valence-electron chi connectivity index (χ3n) is 4.81. The van der Waals surface area contributed by atoms with Crippen LogP contribution in [0.4, 0.5) is 18.3 Å². The molecule has 1 N–H and O–H groups in total. The molecule has 1 fully saturated rings. The van der Waals surface area contributed by atoms with Crippen molar-refractivity contribution in [1.82, 2.24) is 24.7 Å². The highest BCUT2D eigenvalue weighted by molar-refractivity contribution is 7.89. The summed E-state index contributed by atoms with van der Waals surface area (Å²) in [5.41, 5.74) is 0.245. The van der Waals surface area contributed by atoms with Crippen LogP contribution in [0.25, 0.3) is 10.3 Å². The number of hydrogen-bond donors (Lipinski definition) is 1. The zero-order valence-corrected chi connectivity index (χ0v) is 18.8. The molecule has 0 bridgehead atoms. The maximum Gasteiger partial charge on any atom is 0.573 e. The van der Waals surface area contributed by atoms with Crippen LogP contribution in [-0.4, -0.2) is 83.3 Å². The molecule has 0 amide bonds. The molecule has 4 rings (SSSR count). The molecule has 1 aliphatic rings. The number of rotatable bonds is 6. The van der Waals surface area contributed by atoms with Crippen LogP contribution in [0, 0.1) is 0 Å². The highest BCUT2D eigenvalue weighted by atomic mass is 32.2. The summed E-state index contributed by atoms with van der Waals surface area (Å²) in [7, 11) is -2.94. The second-order valence-corrected chi connectivity index (χ2v) is 9.75. The lowest BCUT2D eigenvalue weighted by Crippen LogP contribution is -2.58. The van der Waals surface area contributed by atoms with Gasteiger partial charge in [-0.05, 0) is 29.5 Å². The number of halogens is 3. The summed E-state index contributed by atoms with van der Waals surface area (Å²) in [5, 5.41) is 21.2. The first kappa shape index (κ1) is 23.8. The van der Waals surface area contributed by atoms with Crippen LogP contribution in [0.3, 0.4) is 0 Å². The van der Waals surface area contributed by atoms with Gasteiger partial charge in [-0.25, -0.2) is 8.42 Å². The number of nitrogens with zero attached hydrogens (tertiary/aromatic N) is 6. The molecule has 1 aliphatic heterocycles. The number of aromatic nitrogens is 4. The highest BCUT2D eigenvalue weighted by Crippen LogP contribution is 2.34. The van der Waals surface area contributed by atoms with Gasteiger partial charge < -0.3 is 19.5 Å². The molecular weight excluding hydrogens is 505 g/mol. The lowest BCUT2D eigenvalue weighted by Gasteiger charge is -2.38. The molecule has 1 aromatic carbocycles. The Balaban J connectivity index is 1.58. The fraction of sp³-hybridized carbons (Fsp3) is 0.353. The number of carboxylic acids is 1. The molecule has 182 valence electrons. The van der Waals surface area contributed by atoms with Gasteiger partial charge in [-0.15, -0.1) is 18.3 Å². The van der Waals surface area contributed by atoms with Crippen molar-refractivity contribution in [1.29, 1.82) is 0 Å². The minimum absolute atomic E-state index is 0.0985. The van der Waals surface area contributed by atoms with Crippen LogP contribution in [-0.2, 0) is 14.8 Å². The second-order valence-electron chi connectivity index (χ2n) is 6.88. The Morgan fingerprint density at radius 1 is 1.21 bits per heavy atom. The number of ether oxygens (including phenoxy) is 2. The molecule has 34 heavy (non-hydrogen) atoms. The van der Waals surface area contributed by atoms with E-state index in [1.165, 1.54) is 7.11 Å². The number of piperazine rings is 1. The average Bonchev–Trinajstić information content (AvgIpc) is 3.22. The van der Waals surface area contributed by atoms with E-state index in [4.69, 9.17) is 4.74 Å². The number of aliphatic carboxylic acids is 1. The van der Waals surface area contributed by atoms with Crippen molar-refractivity contribution < 1.29 is 41.0 Å². The lowest BCUT2D eigenvalue weighted by atomic mass is 10.2. The Labute approximate surface area is 193 Å². The largest absolute Gasteiger partial charge is 0.573 e. The Hall–Kier alpha value is -3.31. The Morgan fingerprint density at radius 2 is 1.91 bits per heavy atom. The predicted octanol–water partition coefficient (Wildman–Crippen LogP) is 1.35. The smallest absolute Gasteiger partial charge is 0.480 e. The quantitative estimate of drug-likeness (QED) is 0.502. The molecule has 12 nitrogen and oxygen atoms in total. The average molecular weight is 520 g/mol. The SMILES string of the molecule is COc1nnnc2nc(N3CCN(S(=O)(=O)c4ccc(OC(F)(F)F)cc4)[C@@H](C(=O)O)C3)sc12. The zero-order valence-electron chi connectivity index (χ0n) is 17.1. The number of benzene rings is 1. The number of methoxy groups -OCH3 is 1. The first-order valence-electron chi connectivity index (χ1n) is 9.39. The van der Waals surface area contributed by atoms with E-state index in [1.54, 1.807) is 4.90 Å². The Morgan fingerprint density at radius 3 is 2.53 bits per heavy atom. The molecule has 0 unspecified atom stereocenters. The highest BCUT2D eigenvalue weighted by Gasteiger charge is 2.41. The number of hydrogen-bond acceptors (Lipinski definition) is 11. The van der Waals surface area contributed by atoms with E-state index in [0.717, 1.165) is 39.9 Å². The summed E-state index contributed by atoms with van der Waals surface area (Å²) < 4.78 is 73.4. The van der Waals surface area contributed by atoms with Crippen molar-refractivity contribution in [2.45, 2.75) is 17.3 Å². The molecule has 0 spiro atoms.